The van der Waals surface area contributed by atoms with E-state index in [0.717, 1.165) is 12.0 Å². The van der Waals surface area contributed by atoms with Crippen molar-refractivity contribution in [3.63, 3.8) is 0 Å². The van der Waals surface area contributed by atoms with Crippen molar-refractivity contribution in [3.8, 4) is 0 Å². The van der Waals surface area contributed by atoms with Crippen LogP contribution in [-0.4, -0.2) is 49.3 Å². The third-order valence-corrected chi connectivity index (χ3v) is 3.33. The lowest BCUT2D eigenvalue weighted by molar-refractivity contribution is -0.00279. The molecule has 2 rings (SSSR count). The first kappa shape index (κ1) is 14.4. The molecule has 106 valence electrons. The normalized spacial score (nSPS) is 18.9. The molecule has 0 radical (unpaired) electrons. The van der Waals surface area contributed by atoms with Crippen LogP contribution in [0.4, 0.5) is 8.78 Å². The van der Waals surface area contributed by atoms with Crippen molar-refractivity contribution in [1.82, 2.24) is 4.90 Å². The molecule has 0 aromatic heterocycles. The Morgan fingerprint density at radius 1 is 1.37 bits per heavy atom. The monoisotopic (exact) mass is 271 g/mol. The topological polar surface area (TPSA) is 32.7 Å². The van der Waals surface area contributed by atoms with Gasteiger partial charge in [0.05, 0.1) is 25.9 Å². The van der Waals surface area contributed by atoms with E-state index in [-0.39, 0.29) is 25.8 Å². The number of aliphatic hydroxyl groups excluding tert-OH is 1. The van der Waals surface area contributed by atoms with Crippen LogP contribution in [0.5, 0.6) is 0 Å². The molecule has 1 N–H and O–H groups in total. The highest BCUT2D eigenvalue weighted by Crippen LogP contribution is 2.27. The van der Waals surface area contributed by atoms with Gasteiger partial charge in [-0.15, -0.1) is 0 Å². The van der Waals surface area contributed by atoms with Gasteiger partial charge in [-0.25, -0.2) is 8.78 Å². The quantitative estimate of drug-likeness (QED) is 0.857. The van der Waals surface area contributed by atoms with Crippen molar-refractivity contribution < 1.29 is 18.6 Å². The van der Waals surface area contributed by atoms with E-state index in [4.69, 9.17) is 9.84 Å². The molecule has 1 aromatic carbocycles. The highest BCUT2D eigenvalue weighted by Gasteiger charge is 2.24. The number of ether oxygens (including phenoxy) is 1. The molecule has 1 aliphatic heterocycles. The summed E-state index contributed by atoms with van der Waals surface area (Å²) in [6, 6.07) is 7.95. The van der Waals surface area contributed by atoms with Gasteiger partial charge in [0, 0.05) is 13.1 Å². The Morgan fingerprint density at radius 2 is 2.16 bits per heavy atom. The van der Waals surface area contributed by atoms with Crippen LogP contribution < -0.4 is 0 Å². The maximum atomic E-state index is 12.5. The summed E-state index contributed by atoms with van der Waals surface area (Å²) in [5.74, 6) is 0. The second-order valence-corrected chi connectivity index (χ2v) is 4.68. The third kappa shape index (κ3) is 3.96. The van der Waals surface area contributed by atoms with Gasteiger partial charge in [-0.05, 0) is 17.5 Å². The summed E-state index contributed by atoms with van der Waals surface area (Å²) in [5.41, 5.74) is 2.30. The first-order valence-corrected chi connectivity index (χ1v) is 6.51. The molecule has 1 unspecified atom stereocenters. The zero-order valence-corrected chi connectivity index (χ0v) is 10.8. The van der Waals surface area contributed by atoms with Crippen molar-refractivity contribution in [1.29, 1.82) is 0 Å². The van der Waals surface area contributed by atoms with Crippen LogP contribution in [0.3, 0.4) is 0 Å². The predicted octanol–water partition coefficient (Wildman–Crippen LogP) is 1.86. The van der Waals surface area contributed by atoms with E-state index >= 15 is 0 Å². The second-order valence-electron chi connectivity index (χ2n) is 4.68. The van der Waals surface area contributed by atoms with Crippen LogP contribution in [0.2, 0.25) is 0 Å². The lowest BCUT2D eigenvalue weighted by Gasteiger charge is -2.31. The molecule has 19 heavy (non-hydrogen) atoms. The van der Waals surface area contributed by atoms with Crippen LogP contribution in [0.25, 0.3) is 0 Å². The van der Waals surface area contributed by atoms with Crippen molar-refractivity contribution in [2.24, 2.45) is 0 Å². The lowest BCUT2D eigenvalue weighted by atomic mass is 9.97. The number of aliphatic hydroxyl groups is 1. The molecule has 3 nitrogen and oxygen atoms in total. The van der Waals surface area contributed by atoms with Crippen LogP contribution in [-0.2, 0) is 11.2 Å². The Balaban J connectivity index is 2.05. The summed E-state index contributed by atoms with van der Waals surface area (Å²) in [6.45, 7) is 0.793. The molecule has 0 saturated carbocycles. The number of hydrogen-bond acceptors (Lipinski definition) is 3. The van der Waals surface area contributed by atoms with E-state index in [9.17, 15) is 8.78 Å². The molecule has 1 aromatic rings. The summed E-state index contributed by atoms with van der Waals surface area (Å²) in [4.78, 5) is 1.55. The Hall–Kier alpha value is -1.04. The molecule has 1 aliphatic rings. The van der Waals surface area contributed by atoms with Gasteiger partial charge in [-0.1, -0.05) is 24.3 Å². The minimum atomic E-state index is -2.40. The first-order valence-electron chi connectivity index (χ1n) is 6.51. The van der Waals surface area contributed by atoms with E-state index in [0.29, 0.717) is 13.2 Å². The molecule has 0 saturated heterocycles. The Kier molecular flexibility index (Phi) is 5.24. The fourth-order valence-corrected chi connectivity index (χ4v) is 2.46. The smallest absolute Gasteiger partial charge is 0.251 e. The summed E-state index contributed by atoms with van der Waals surface area (Å²) in [7, 11) is 0. The van der Waals surface area contributed by atoms with Gasteiger partial charge in [-0.2, -0.15) is 0 Å². The highest BCUT2D eigenvalue weighted by molar-refractivity contribution is 5.31. The van der Waals surface area contributed by atoms with Gasteiger partial charge in [-0.3, -0.25) is 4.90 Å². The van der Waals surface area contributed by atoms with Crippen LogP contribution >= 0.6 is 0 Å². The van der Waals surface area contributed by atoms with E-state index in [1.54, 1.807) is 4.90 Å². The molecular weight excluding hydrogens is 252 g/mol. The number of alkyl halides is 2. The fourth-order valence-electron chi connectivity index (χ4n) is 2.46. The van der Waals surface area contributed by atoms with Crippen LogP contribution in [0.15, 0.2) is 24.3 Å². The SMILES string of the molecule is OCCN(CC(F)F)CC1OCCc2ccccc21. The van der Waals surface area contributed by atoms with Gasteiger partial charge >= 0.3 is 0 Å². The van der Waals surface area contributed by atoms with E-state index in [2.05, 4.69) is 0 Å². The predicted molar refractivity (Wildman–Crippen MR) is 68.4 cm³/mol. The molecule has 1 atom stereocenters. The number of nitrogens with zero attached hydrogens (tertiary/aromatic N) is 1. The second kappa shape index (κ2) is 6.93. The summed E-state index contributed by atoms with van der Waals surface area (Å²) in [5, 5.41) is 8.95. The highest BCUT2D eigenvalue weighted by atomic mass is 19.3. The van der Waals surface area contributed by atoms with Gasteiger partial charge in [0.25, 0.3) is 6.43 Å². The third-order valence-electron chi connectivity index (χ3n) is 3.33. The Labute approximate surface area is 111 Å². The Bertz CT molecular complexity index is 401. The van der Waals surface area contributed by atoms with Crippen LogP contribution in [0.1, 0.15) is 17.2 Å². The summed E-state index contributed by atoms with van der Waals surface area (Å²) < 4.78 is 30.7. The number of benzene rings is 1. The fraction of sp³-hybridized carbons (Fsp3) is 0.571. The number of fused-ring (bicyclic) bond motifs is 1. The Morgan fingerprint density at radius 3 is 2.89 bits per heavy atom. The van der Waals surface area contributed by atoms with Crippen LogP contribution in [0, 0.1) is 0 Å². The standard InChI is InChI=1S/C14H19F2NO2/c15-14(16)10-17(6-7-18)9-13-12-4-2-1-3-11(12)5-8-19-13/h1-4,13-14,18H,5-10H2. The zero-order valence-electron chi connectivity index (χ0n) is 10.8. The molecule has 5 heteroatoms. The molecule has 0 amide bonds. The van der Waals surface area contributed by atoms with Crippen molar-refractivity contribution in [3.05, 3.63) is 35.4 Å². The van der Waals surface area contributed by atoms with Crippen molar-refractivity contribution >= 4 is 0 Å². The average molecular weight is 271 g/mol. The van der Waals surface area contributed by atoms with E-state index in [1.165, 1.54) is 5.56 Å². The van der Waals surface area contributed by atoms with Gasteiger partial charge < -0.3 is 9.84 Å². The molecule has 1 heterocycles. The molecule has 0 spiro atoms. The zero-order chi connectivity index (χ0) is 13.7. The first-order chi connectivity index (χ1) is 9.20. The lowest BCUT2D eigenvalue weighted by Crippen LogP contribution is -2.37. The molecular formula is C14H19F2NO2. The average Bonchev–Trinajstić information content (AvgIpc) is 2.39. The van der Waals surface area contributed by atoms with E-state index in [1.807, 2.05) is 24.3 Å². The molecule has 0 aliphatic carbocycles. The summed E-state index contributed by atoms with van der Waals surface area (Å²) >= 11 is 0. The molecule has 0 bridgehead atoms. The maximum Gasteiger partial charge on any atom is 0.251 e. The number of halogens is 2. The van der Waals surface area contributed by atoms with E-state index < -0.39 is 6.43 Å². The van der Waals surface area contributed by atoms with Gasteiger partial charge in [0.2, 0.25) is 0 Å². The van der Waals surface area contributed by atoms with Gasteiger partial charge in [0.1, 0.15) is 0 Å². The largest absolute Gasteiger partial charge is 0.395 e. The van der Waals surface area contributed by atoms with Crippen molar-refractivity contribution in [2.45, 2.75) is 19.0 Å². The summed E-state index contributed by atoms with van der Waals surface area (Å²) in [6.07, 6.45) is -1.72. The number of hydrogen-bond donors (Lipinski definition) is 1. The molecule has 0 fully saturated rings. The van der Waals surface area contributed by atoms with Crippen molar-refractivity contribution in [2.75, 3.05) is 32.8 Å². The minimum Gasteiger partial charge on any atom is -0.395 e. The minimum absolute atomic E-state index is 0.124. The number of rotatable bonds is 6. The maximum absolute atomic E-state index is 12.5. The van der Waals surface area contributed by atoms with Gasteiger partial charge in [0.15, 0.2) is 0 Å².